The summed E-state index contributed by atoms with van der Waals surface area (Å²) in [6, 6.07) is 0. The Balaban J connectivity index is 1.62. The van der Waals surface area contributed by atoms with Gasteiger partial charge in [-0.15, -0.1) is 0 Å². The van der Waals surface area contributed by atoms with E-state index in [-0.39, 0.29) is 24.3 Å². The minimum Gasteiger partial charge on any atom is -0.417 e. The van der Waals surface area contributed by atoms with Crippen LogP contribution < -0.4 is 10.1 Å². The lowest BCUT2D eigenvalue weighted by molar-refractivity contribution is 0.0945. The van der Waals surface area contributed by atoms with E-state index >= 15 is 4.39 Å². The molecule has 3 N–H and O–H groups in total. The number of aromatic amines is 1. The van der Waals surface area contributed by atoms with Crippen molar-refractivity contribution in [3.8, 4) is 23.0 Å². The molecule has 2 aliphatic rings. The van der Waals surface area contributed by atoms with E-state index in [0.717, 1.165) is 16.8 Å². The summed E-state index contributed by atoms with van der Waals surface area (Å²) in [5, 5.41) is 12.2. The van der Waals surface area contributed by atoms with Gasteiger partial charge in [-0.3, -0.25) is 4.79 Å². The third-order valence-electron chi connectivity index (χ3n) is 5.14. The average molecular weight is 381 g/mol. The van der Waals surface area contributed by atoms with Gasteiger partial charge in [0, 0.05) is 36.6 Å². The van der Waals surface area contributed by atoms with Gasteiger partial charge in [-0.1, -0.05) is 0 Å². The zero-order valence-corrected chi connectivity index (χ0v) is 14.8. The molecule has 0 fully saturated rings. The van der Waals surface area contributed by atoms with Gasteiger partial charge < -0.3 is 20.1 Å². The maximum atomic E-state index is 15.4. The average Bonchev–Trinajstić information content (AvgIpc) is 3.10. The van der Waals surface area contributed by atoms with Crippen molar-refractivity contribution < 1.29 is 19.0 Å². The second-order valence-electron chi connectivity index (χ2n) is 6.73. The zero-order chi connectivity index (χ0) is 19.3. The molecular weight excluding hydrogens is 365 g/mol. The van der Waals surface area contributed by atoms with Crippen LogP contribution in [0.4, 0.5) is 4.39 Å². The fourth-order valence-corrected chi connectivity index (χ4v) is 3.85. The standard InChI is InChI=1S/C19H16FN5O3/c20-15-13-9(6-23-19(15)28-18-10(7-26)5-21-8-24-18)1-2-11-14-12(25-16(11)13)3-4-22-17(14)27/h5-6,8,25-26H,1-4,7H2,(H,22,27). The Morgan fingerprint density at radius 3 is 2.89 bits per heavy atom. The van der Waals surface area contributed by atoms with Crippen LogP contribution in [0.5, 0.6) is 11.8 Å². The number of ether oxygens (including phenoxy) is 1. The number of hydrogen-bond acceptors (Lipinski definition) is 6. The normalized spacial score (nSPS) is 14.7. The molecule has 0 bridgehead atoms. The number of nitrogens with zero attached hydrogens (tertiary/aromatic N) is 3. The number of H-pyrrole nitrogens is 1. The number of nitrogens with one attached hydrogen (secondary N) is 2. The molecule has 1 aliphatic carbocycles. The number of fused-ring (bicyclic) bond motifs is 5. The van der Waals surface area contributed by atoms with Gasteiger partial charge in [0.25, 0.3) is 11.8 Å². The van der Waals surface area contributed by atoms with Crippen LogP contribution in [-0.4, -0.2) is 37.5 Å². The topological polar surface area (TPSA) is 113 Å². The van der Waals surface area contributed by atoms with Crippen molar-refractivity contribution in [2.45, 2.75) is 25.9 Å². The van der Waals surface area contributed by atoms with E-state index < -0.39 is 5.82 Å². The highest BCUT2D eigenvalue weighted by molar-refractivity contribution is 6.00. The van der Waals surface area contributed by atoms with Crippen molar-refractivity contribution >= 4 is 5.91 Å². The monoisotopic (exact) mass is 381 g/mol. The van der Waals surface area contributed by atoms with Crippen molar-refractivity contribution in [3.63, 3.8) is 0 Å². The van der Waals surface area contributed by atoms with Crippen molar-refractivity contribution in [1.82, 2.24) is 25.3 Å². The fourth-order valence-electron chi connectivity index (χ4n) is 3.85. The van der Waals surface area contributed by atoms with E-state index in [0.29, 0.717) is 48.2 Å². The van der Waals surface area contributed by atoms with Crippen LogP contribution in [-0.2, 0) is 25.9 Å². The summed E-state index contributed by atoms with van der Waals surface area (Å²) < 4.78 is 20.9. The zero-order valence-electron chi connectivity index (χ0n) is 14.8. The van der Waals surface area contributed by atoms with Crippen molar-refractivity contribution in [2.75, 3.05) is 6.54 Å². The van der Waals surface area contributed by atoms with E-state index in [9.17, 15) is 9.90 Å². The van der Waals surface area contributed by atoms with E-state index in [1.54, 1.807) is 6.20 Å². The molecule has 3 aromatic heterocycles. The molecule has 142 valence electrons. The molecule has 9 heteroatoms. The quantitative estimate of drug-likeness (QED) is 0.636. The highest BCUT2D eigenvalue weighted by Gasteiger charge is 2.32. The Morgan fingerprint density at radius 2 is 2.04 bits per heavy atom. The summed E-state index contributed by atoms with van der Waals surface area (Å²) in [5.41, 5.74) is 4.35. The van der Waals surface area contributed by atoms with Gasteiger partial charge in [0.2, 0.25) is 5.88 Å². The van der Waals surface area contributed by atoms with Gasteiger partial charge in [-0.05, 0) is 24.0 Å². The van der Waals surface area contributed by atoms with E-state index in [1.165, 1.54) is 12.5 Å². The minimum atomic E-state index is -0.625. The smallest absolute Gasteiger partial charge is 0.258 e. The van der Waals surface area contributed by atoms with Gasteiger partial charge >= 0.3 is 0 Å². The summed E-state index contributed by atoms with van der Waals surface area (Å²) in [5.74, 6) is -0.941. The van der Waals surface area contributed by atoms with Gasteiger partial charge in [-0.2, -0.15) is 0 Å². The number of halogens is 1. The largest absolute Gasteiger partial charge is 0.417 e. The molecule has 0 aromatic carbocycles. The third-order valence-corrected chi connectivity index (χ3v) is 5.14. The maximum absolute atomic E-state index is 15.4. The van der Waals surface area contributed by atoms with Crippen LogP contribution in [0.15, 0.2) is 18.7 Å². The molecule has 4 heterocycles. The van der Waals surface area contributed by atoms with Crippen molar-refractivity contribution in [2.24, 2.45) is 0 Å². The van der Waals surface area contributed by atoms with E-state index in [2.05, 4.69) is 25.3 Å². The molecule has 1 amide bonds. The maximum Gasteiger partial charge on any atom is 0.258 e. The molecule has 0 spiro atoms. The Kier molecular flexibility index (Phi) is 3.83. The SMILES string of the molecule is O=C1NCCc2[nH]c3c(c21)CCc1cnc(Oc2ncncc2CO)c(F)c1-3. The van der Waals surface area contributed by atoms with Crippen LogP contribution in [0.3, 0.4) is 0 Å². The van der Waals surface area contributed by atoms with E-state index in [4.69, 9.17) is 4.74 Å². The van der Waals surface area contributed by atoms with Crippen LogP contribution in [0.1, 0.15) is 32.7 Å². The van der Waals surface area contributed by atoms with E-state index in [1.807, 2.05) is 0 Å². The first-order valence-corrected chi connectivity index (χ1v) is 8.94. The molecule has 0 saturated heterocycles. The lowest BCUT2D eigenvalue weighted by atomic mass is 9.88. The van der Waals surface area contributed by atoms with Gasteiger partial charge in [-0.25, -0.2) is 19.3 Å². The number of amides is 1. The number of aliphatic hydroxyl groups is 1. The number of aromatic nitrogens is 4. The molecular formula is C19H16FN5O3. The third kappa shape index (κ3) is 2.47. The van der Waals surface area contributed by atoms with Crippen molar-refractivity contribution in [1.29, 1.82) is 0 Å². The molecule has 3 aromatic rings. The summed E-state index contributed by atoms with van der Waals surface area (Å²) in [7, 11) is 0. The fraction of sp³-hybridized carbons (Fsp3) is 0.263. The first-order chi connectivity index (χ1) is 13.7. The van der Waals surface area contributed by atoms with Gasteiger partial charge in [0.1, 0.15) is 6.33 Å². The van der Waals surface area contributed by atoms with Crippen LogP contribution >= 0.6 is 0 Å². The number of hydrogen-bond donors (Lipinski definition) is 3. The summed E-state index contributed by atoms with van der Waals surface area (Å²) in [6.45, 7) is 0.217. The predicted octanol–water partition coefficient (Wildman–Crippen LogP) is 1.67. The minimum absolute atomic E-state index is 0.0463. The summed E-state index contributed by atoms with van der Waals surface area (Å²) >= 11 is 0. The Morgan fingerprint density at radius 1 is 1.14 bits per heavy atom. The number of carbonyl (C=O) groups is 1. The molecule has 0 unspecified atom stereocenters. The highest BCUT2D eigenvalue weighted by Crippen LogP contribution is 2.41. The van der Waals surface area contributed by atoms with Gasteiger partial charge in [0.05, 0.1) is 23.4 Å². The van der Waals surface area contributed by atoms with Crippen LogP contribution in [0.2, 0.25) is 0 Å². The predicted molar refractivity (Wildman–Crippen MR) is 95.5 cm³/mol. The molecule has 0 radical (unpaired) electrons. The summed E-state index contributed by atoms with van der Waals surface area (Å²) in [4.78, 5) is 27.4. The molecule has 28 heavy (non-hydrogen) atoms. The number of pyridine rings is 1. The Hall–Kier alpha value is -3.33. The second-order valence-corrected chi connectivity index (χ2v) is 6.73. The molecule has 0 saturated carbocycles. The van der Waals surface area contributed by atoms with Crippen molar-refractivity contribution in [3.05, 3.63) is 52.5 Å². The number of aliphatic hydroxyl groups excluding tert-OH is 1. The first-order valence-electron chi connectivity index (χ1n) is 8.94. The van der Waals surface area contributed by atoms with Gasteiger partial charge in [0.15, 0.2) is 5.82 Å². The Labute approximate surface area is 158 Å². The molecule has 0 atom stereocenters. The van der Waals surface area contributed by atoms with Crippen LogP contribution in [0, 0.1) is 5.82 Å². The molecule has 8 nitrogen and oxygen atoms in total. The lowest BCUT2D eigenvalue weighted by Gasteiger charge is -2.19. The lowest BCUT2D eigenvalue weighted by Crippen LogP contribution is -2.32. The molecule has 5 rings (SSSR count). The number of carbonyl (C=O) groups excluding carboxylic acids is 1. The second kappa shape index (κ2) is 6.38. The number of aryl methyl sites for hydroxylation is 1. The highest BCUT2D eigenvalue weighted by atomic mass is 19.1. The Bertz CT molecular complexity index is 1110. The first kappa shape index (κ1) is 16.8. The molecule has 1 aliphatic heterocycles. The van der Waals surface area contributed by atoms with Crippen LogP contribution in [0.25, 0.3) is 11.3 Å². The summed E-state index contributed by atoms with van der Waals surface area (Å²) in [6.07, 6.45) is 6.13. The number of rotatable bonds is 3.